The summed E-state index contributed by atoms with van der Waals surface area (Å²) in [5.41, 5.74) is 2.24. The third-order valence-corrected chi connectivity index (χ3v) is 6.46. The second-order valence-electron chi connectivity index (χ2n) is 7.76. The lowest BCUT2D eigenvalue weighted by Crippen LogP contribution is -2.35. The number of aryl methyl sites for hydroxylation is 1. The highest BCUT2D eigenvalue weighted by Crippen LogP contribution is 2.33. The minimum absolute atomic E-state index is 0.178. The smallest absolute Gasteiger partial charge is 0.349 e. The molecule has 0 saturated carbocycles. The molecule has 1 aliphatic heterocycles. The van der Waals surface area contributed by atoms with Crippen LogP contribution in [0.5, 0.6) is 11.5 Å². The van der Waals surface area contributed by atoms with Crippen molar-refractivity contribution >= 4 is 33.4 Å². The SMILES string of the molecule is Cc1nn(-c2ccc(F)cc2)c2sc(C(=O)O[C@H](C)C(=O)NCc3ccc4c(c3)OCO4)cc12. The third kappa shape index (κ3) is 4.19. The van der Waals surface area contributed by atoms with E-state index >= 15 is 0 Å². The van der Waals surface area contributed by atoms with Gasteiger partial charge in [-0.3, -0.25) is 4.79 Å². The topological polar surface area (TPSA) is 91.7 Å². The van der Waals surface area contributed by atoms with Gasteiger partial charge in [-0.15, -0.1) is 11.3 Å². The molecule has 0 saturated heterocycles. The van der Waals surface area contributed by atoms with Crippen molar-refractivity contribution in [3.63, 3.8) is 0 Å². The highest BCUT2D eigenvalue weighted by atomic mass is 32.1. The average molecular weight is 482 g/mol. The van der Waals surface area contributed by atoms with Gasteiger partial charge in [-0.25, -0.2) is 13.9 Å². The Bertz CT molecular complexity index is 1400. The number of carbonyl (C=O) groups excluding carboxylic acids is 2. The number of nitrogens with zero attached hydrogens (tertiary/aromatic N) is 2. The molecular weight excluding hydrogens is 461 g/mol. The maximum Gasteiger partial charge on any atom is 0.349 e. The minimum atomic E-state index is -0.985. The van der Waals surface area contributed by atoms with E-state index < -0.39 is 18.0 Å². The van der Waals surface area contributed by atoms with Gasteiger partial charge in [-0.05, 0) is 61.9 Å². The normalized spacial score (nSPS) is 13.1. The van der Waals surface area contributed by atoms with Gasteiger partial charge in [0, 0.05) is 11.9 Å². The number of hydrogen-bond donors (Lipinski definition) is 1. The molecule has 1 amide bonds. The summed E-state index contributed by atoms with van der Waals surface area (Å²) in [6.07, 6.45) is -0.985. The van der Waals surface area contributed by atoms with Gasteiger partial charge in [0.2, 0.25) is 6.79 Å². The van der Waals surface area contributed by atoms with Crippen molar-refractivity contribution in [2.45, 2.75) is 26.5 Å². The number of nitrogens with one attached hydrogen (secondary N) is 1. The molecule has 4 aromatic rings. The zero-order valence-electron chi connectivity index (χ0n) is 18.3. The van der Waals surface area contributed by atoms with E-state index in [1.807, 2.05) is 13.0 Å². The number of fused-ring (bicyclic) bond motifs is 2. The highest BCUT2D eigenvalue weighted by molar-refractivity contribution is 7.20. The maximum atomic E-state index is 13.3. The minimum Gasteiger partial charge on any atom is -0.454 e. The molecule has 1 aliphatic rings. The number of thiophene rings is 1. The number of halogens is 1. The zero-order valence-corrected chi connectivity index (χ0v) is 19.1. The number of amides is 1. The van der Waals surface area contributed by atoms with Crippen molar-refractivity contribution < 1.29 is 28.2 Å². The Kier molecular flexibility index (Phi) is 5.66. The monoisotopic (exact) mass is 481 g/mol. The molecule has 0 bridgehead atoms. The van der Waals surface area contributed by atoms with Crippen molar-refractivity contribution in [2.75, 3.05) is 6.79 Å². The van der Waals surface area contributed by atoms with E-state index in [-0.39, 0.29) is 19.2 Å². The largest absolute Gasteiger partial charge is 0.454 e. The van der Waals surface area contributed by atoms with Crippen molar-refractivity contribution in [3.05, 3.63) is 70.5 Å². The van der Waals surface area contributed by atoms with Gasteiger partial charge in [0.1, 0.15) is 15.5 Å². The quantitative estimate of drug-likeness (QED) is 0.417. The summed E-state index contributed by atoms with van der Waals surface area (Å²) in [5, 5.41) is 8.04. The molecule has 0 fully saturated rings. The van der Waals surface area contributed by atoms with E-state index in [0.717, 1.165) is 21.5 Å². The lowest BCUT2D eigenvalue weighted by Gasteiger charge is -2.13. The molecule has 0 unspecified atom stereocenters. The summed E-state index contributed by atoms with van der Waals surface area (Å²) in [6, 6.07) is 13.0. The first-order valence-corrected chi connectivity index (χ1v) is 11.3. The molecule has 0 spiro atoms. The van der Waals surface area contributed by atoms with Crippen LogP contribution in [0, 0.1) is 12.7 Å². The molecule has 8 nitrogen and oxygen atoms in total. The van der Waals surface area contributed by atoms with E-state index in [0.29, 0.717) is 22.1 Å². The lowest BCUT2D eigenvalue weighted by molar-refractivity contribution is -0.129. The van der Waals surface area contributed by atoms with Gasteiger partial charge < -0.3 is 19.5 Å². The van der Waals surface area contributed by atoms with E-state index in [2.05, 4.69) is 10.4 Å². The first-order chi connectivity index (χ1) is 16.4. The van der Waals surface area contributed by atoms with Crippen molar-refractivity contribution in [1.82, 2.24) is 15.1 Å². The predicted octanol–water partition coefficient (Wildman–Crippen LogP) is 4.12. The molecule has 1 N–H and O–H groups in total. The number of carbonyl (C=O) groups is 2. The van der Waals surface area contributed by atoms with Crippen LogP contribution in [-0.2, 0) is 16.1 Å². The number of ether oxygens (including phenoxy) is 3. The van der Waals surface area contributed by atoms with Crippen molar-refractivity contribution in [1.29, 1.82) is 0 Å². The third-order valence-electron chi connectivity index (χ3n) is 5.37. The summed E-state index contributed by atoms with van der Waals surface area (Å²) in [6.45, 7) is 3.78. The number of esters is 1. The van der Waals surface area contributed by atoms with E-state index in [1.54, 1.807) is 35.0 Å². The van der Waals surface area contributed by atoms with Crippen LogP contribution >= 0.6 is 11.3 Å². The molecule has 10 heteroatoms. The zero-order chi connectivity index (χ0) is 23.8. The summed E-state index contributed by atoms with van der Waals surface area (Å²) in [4.78, 5) is 26.3. The fraction of sp³-hybridized carbons (Fsp3) is 0.208. The molecule has 1 atom stereocenters. The van der Waals surface area contributed by atoms with Crippen LogP contribution in [0.2, 0.25) is 0 Å². The van der Waals surface area contributed by atoms with Gasteiger partial charge in [0.05, 0.1) is 11.4 Å². The van der Waals surface area contributed by atoms with E-state index in [4.69, 9.17) is 14.2 Å². The fourth-order valence-corrected chi connectivity index (χ4v) is 4.63. The summed E-state index contributed by atoms with van der Waals surface area (Å²) >= 11 is 1.20. The standard InChI is InChI=1S/C24H20FN3O5S/c1-13-18-10-21(34-23(18)28(27-13)17-6-4-16(25)5-7-17)24(30)33-14(2)22(29)26-11-15-3-8-19-20(9-15)32-12-31-19/h3-10,14H,11-12H2,1-2H3,(H,26,29)/t14-/m1/s1. The molecule has 34 heavy (non-hydrogen) atoms. The van der Waals surface area contributed by atoms with Gasteiger partial charge in [0.15, 0.2) is 17.6 Å². The summed E-state index contributed by atoms with van der Waals surface area (Å²) < 4.78 is 31.0. The maximum absolute atomic E-state index is 13.3. The van der Waals surface area contributed by atoms with Crippen LogP contribution in [0.25, 0.3) is 15.9 Å². The Hall–Kier alpha value is -3.92. The van der Waals surface area contributed by atoms with Gasteiger partial charge in [0.25, 0.3) is 5.91 Å². The van der Waals surface area contributed by atoms with Gasteiger partial charge in [-0.2, -0.15) is 5.10 Å². The molecule has 2 aromatic carbocycles. The number of rotatable bonds is 6. The Morgan fingerprint density at radius 2 is 1.94 bits per heavy atom. The van der Waals surface area contributed by atoms with E-state index in [9.17, 15) is 14.0 Å². The van der Waals surface area contributed by atoms with E-state index in [1.165, 1.54) is 30.4 Å². The van der Waals surface area contributed by atoms with Gasteiger partial charge in [-0.1, -0.05) is 6.07 Å². The Labute approximate surface area is 197 Å². The first-order valence-electron chi connectivity index (χ1n) is 10.5. The predicted molar refractivity (Wildman–Crippen MR) is 123 cm³/mol. The first kappa shape index (κ1) is 21.9. The van der Waals surface area contributed by atoms with Crippen LogP contribution < -0.4 is 14.8 Å². The highest BCUT2D eigenvalue weighted by Gasteiger charge is 2.23. The molecule has 0 aliphatic carbocycles. The summed E-state index contributed by atoms with van der Waals surface area (Å²) in [7, 11) is 0. The Balaban J connectivity index is 1.25. The molecule has 5 rings (SSSR count). The Morgan fingerprint density at radius 3 is 2.74 bits per heavy atom. The average Bonchev–Trinajstić information content (AvgIpc) is 3.54. The van der Waals surface area contributed by atoms with Crippen LogP contribution in [-0.4, -0.2) is 34.6 Å². The van der Waals surface area contributed by atoms with Crippen molar-refractivity contribution in [2.24, 2.45) is 0 Å². The number of aromatic nitrogens is 2. The lowest BCUT2D eigenvalue weighted by atomic mass is 10.2. The molecular formula is C24H20FN3O5S. The molecule has 3 heterocycles. The number of benzene rings is 2. The molecule has 2 aromatic heterocycles. The van der Waals surface area contributed by atoms with Crippen molar-refractivity contribution in [3.8, 4) is 17.2 Å². The second kappa shape index (κ2) is 8.79. The Morgan fingerprint density at radius 1 is 1.18 bits per heavy atom. The summed E-state index contributed by atoms with van der Waals surface area (Å²) in [5.74, 6) is -0.0631. The second-order valence-corrected chi connectivity index (χ2v) is 8.79. The van der Waals surface area contributed by atoms with Crippen LogP contribution in [0.4, 0.5) is 4.39 Å². The molecule has 174 valence electrons. The molecule has 0 radical (unpaired) electrons. The fourth-order valence-electron chi connectivity index (χ4n) is 3.56. The number of hydrogen-bond acceptors (Lipinski definition) is 7. The van der Waals surface area contributed by atoms with Crippen LogP contribution in [0.15, 0.2) is 48.5 Å². The van der Waals surface area contributed by atoms with Crippen LogP contribution in [0.3, 0.4) is 0 Å². The van der Waals surface area contributed by atoms with Crippen LogP contribution in [0.1, 0.15) is 27.9 Å². The van der Waals surface area contributed by atoms with Gasteiger partial charge >= 0.3 is 5.97 Å².